The third-order valence-electron chi connectivity index (χ3n) is 4.41. The normalized spacial score (nSPS) is 14.5. The highest BCUT2D eigenvalue weighted by molar-refractivity contribution is 7.80. The molecule has 0 bridgehead atoms. The standard InChI is InChI=1S/C19H27N3O3S/c1-25-12-6-11-20-17(23)15-9-5-10-16(13-15)21-19(26)22-18(24)14-7-3-2-4-8-14/h5,9-10,13-14H,2-4,6-8,11-12H2,1H3,(H,20,23)(H2,21,22,24,26). The summed E-state index contributed by atoms with van der Waals surface area (Å²) in [5.41, 5.74) is 1.21. The van der Waals surface area contributed by atoms with Crippen molar-refractivity contribution in [1.29, 1.82) is 0 Å². The van der Waals surface area contributed by atoms with E-state index in [0.29, 0.717) is 24.4 Å². The molecule has 1 saturated carbocycles. The SMILES string of the molecule is COCCCNC(=O)c1cccc(NC(=S)NC(=O)C2CCCCC2)c1. The summed E-state index contributed by atoms with van der Waals surface area (Å²) in [5.74, 6) is -0.121. The average molecular weight is 378 g/mol. The molecule has 0 radical (unpaired) electrons. The summed E-state index contributed by atoms with van der Waals surface area (Å²) < 4.78 is 4.96. The van der Waals surface area contributed by atoms with Crippen LogP contribution >= 0.6 is 12.2 Å². The van der Waals surface area contributed by atoms with Crippen LogP contribution in [0.25, 0.3) is 0 Å². The van der Waals surface area contributed by atoms with Gasteiger partial charge in [0.25, 0.3) is 5.91 Å². The van der Waals surface area contributed by atoms with Crippen molar-refractivity contribution in [2.75, 3.05) is 25.6 Å². The summed E-state index contributed by atoms with van der Waals surface area (Å²) >= 11 is 5.23. The van der Waals surface area contributed by atoms with Crippen LogP contribution in [0.2, 0.25) is 0 Å². The number of methoxy groups -OCH3 is 1. The number of carbonyl (C=O) groups is 2. The van der Waals surface area contributed by atoms with Crippen molar-refractivity contribution in [3.05, 3.63) is 29.8 Å². The first-order chi connectivity index (χ1) is 12.6. The van der Waals surface area contributed by atoms with E-state index >= 15 is 0 Å². The fourth-order valence-corrected chi connectivity index (χ4v) is 3.22. The molecule has 1 aromatic rings. The van der Waals surface area contributed by atoms with E-state index in [1.165, 1.54) is 6.42 Å². The summed E-state index contributed by atoms with van der Waals surface area (Å²) in [5, 5.41) is 8.85. The summed E-state index contributed by atoms with van der Waals surface area (Å²) in [6.07, 6.45) is 6.00. The van der Waals surface area contributed by atoms with Crippen LogP contribution in [0, 0.1) is 5.92 Å². The van der Waals surface area contributed by atoms with E-state index in [1.54, 1.807) is 31.4 Å². The lowest BCUT2D eigenvalue weighted by Crippen LogP contribution is -2.39. The predicted molar refractivity (Wildman–Crippen MR) is 106 cm³/mol. The Morgan fingerprint density at radius 1 is 1.23 bits per heavy atom. The maximum absolute atomic E-state index is 12.2. The molecular formula is C19H27N3O3S. The molecule has 0 atom stereocenters. The van der Waals surface area contributed by atoms with Crippen LogP contribution < -0.4 is 16.0 Å². The predicted octanol–water partition coefficient (Wildman–Crippen LogP) is 2.85. The minimum atomic E-state index is -0.151. The highest BCUT2D eigenvalue weighted by Crippen LogP contribution is 2.23. The van der Waals surface area contributed by atoms with Crippen LogP contribution in [0.1, 0.15) is 48.9 Å². The van der Waals surface area contributed by atoms with Crippen LogP contribution in [0.5, 0.6) is 0 Å². The van der Waals surface area contributed by atoms with E-state index in [9.17, 15) is 9.59 Å². The number of anilines is 1. The number of nitrogens with one attached hydrogen (secondary N) is 3. The molecule has 1 fully saturated rings. The van der Waals surface area contributed by atoms with Gasteiger partial charge in [-0.05, 0) is 49.7 Å². The lowest BCUT2D eigenvalue weighted by molar-refractivity contribution is -0.124. The molecule has 0 saturated heterocycles. The molecule has 26 heavy (non-hydrogen) atoms. The third kappa shape index (κ3) is 6.72. The van der Waals surface area contributed by atoms with Gasteiger partial charge in [0.1, 0.15) is 0 Å². The molecule has 7 heteroatoms. The first kappa shape index (κ1) is 20.3. The Hall–Kier alpha value is -1.99. The number of benzene rings is 1. The van der Waals surface area contributed by atoms with Crippen LogP contribution in [-0.4, -0.2) is 37.2 Å². The number of ether oxygens (including phenoxy) is 1. The zero-order valence-corrected chi connectivity index (χ0v) is 16.0. The number of rotatable bonds is 7. The Labute approximate surface area is 160 Å². The van der Waals surface area contributed by atoms with Crippen LogP contribution in [-0.2, 0) is 9.53 Å². The summed E-state index contributed by atoms with van der Waals surface area (Å²) in [7, 11) is 1.63. The maximum atomic E-state index is 12.2. The number of amides is 2. The lowest BCUT2D eigenvalue weighted by Gasteiger charge is -2.21. The Bertz CT molecular complexity index is 630. The molecule has 0 aliphatic heterocycles. The molecule has 3 N–H and O–H groups in total. The van der Waals surface area contributed by atoms with Gasteiger partial charge in [0.15, 0.2) is 5.11 Å². The van der Waals surface area contributed by atoms with Crippen molar-refractivity contribution in [3.8, 4) is 0 Å². The van der Waals surface area contributed by atoms with E-state index in [4.69, 9.17) is 17.0 Å². The number of thiocarbonyl (C=S) groups is 1. The van der Waals surface area contributed by atoms with Crippen LogP contribution in [0.4, 0.5) is 5.69 Å². The van der Waals surface area contributed by atoms with Crippen molar-refractivity contribution in [2.45, 2.75) is 38.5 Å². The van der Waals surface area contributed by atoms with E-state index in [1.807, 2.05) is 0 Å². The van der Waals surface area contributed by atoms with Gasteiger partial charge in [-0.1, -0.05) is 25.3 Å². The first-order valence-corrected chi connectivity index (χ1v) is 9.50. The quantitative estimate of drug-likeness (QED) is 0.503. The summed E-state index contributed by atoms with van der Waals surface area (Å²) in [4.78, 5) is 24.4. The van der Waals surface area contributed by atoms with Crippen molar-refractivity contribution >= 4 is 34.8 Å². The van der Waals surface area contributed by atoms with Gasteiger partial charge in [0.2, 0.25) is 5.91 Å². The molecule has 0 spiro atoms. The van der Waals surface area contributed by atoms with Gasteiger partial charge in [-0.2, -0.15) is 0 Å². The first-order valence-electron chi connectivity index (χ1n) is 9.09. The van der Waals surface area contributed by atoms with Gasteiger partial charge in [0, 0.05) is 37.4 Å². The topological polar surface area (TPSA) is 79.5 Å². The van der Waals surface area contributed by atoms with Crippen molar-refractivity contribution in [2.24, 2.45) is 5.92 Å². The number of carbonyl (C=O) groups excluding carboxylic acids is 2. The van der Waals surface area contributed by atoms with Gasteiger partial charge < -0.3 is 20.7 Å². The third-order valence-corrected chi connectivity index (χ3v) is 4.61. The maximum Gasteiger partial charge on any atom is 0.251 e. The molecule has 1 aromatic carbocycles. The van der Waals surface area contributed by atoms with Gasteiger partial charge >= 0.3 is 0 Å². The summed E-state index contributed by atoms with van der Waals surface area (Å²) in [6, 6.07) is 7.03. The molecule has 142 valence electrons. The largest absolute Gasteiger partial charge is 0.385 e. The van der Waals surface area contributed by atoms with E-state index in [-0.39, 0.29) is 22.8 Å². The van der Waals surface area contributed by atoms with Crippen molar-refractivity contribution < 1.29 is 14.3 Å². The monoisotopic (exact) mass is 377 g/mol. The molecule has 1 aliphatic rings. The molecule has 2 amide bonds. The van der Waals surface area contributed by atoms with E-state index in [2.05, 4.69) is 16.0 Å². The second-order valence-corrected chi connectivity index (χ2v) is 6.87. The average Bonchev–Trinajstić information content (AvgIpc) is 2.66. The highest BCUT2D eigenvalue weighted by Gasteiger charge is 2.21. The number of hydrogen-bond acceptors (Lipinski definition) is 4. The van der Waals surface area contributed by atoms with E-state index < -0.39 is 0 Å². The van der Waals surface area contributed by atoms with Crippen LogP contribution in [0.15, 0.2) is 24.3 Å². The van der Waals surface area contributed by atoms with Gasteiger partial charge in [-0.25, -0.2) is 0 Å². The summed E-state index contributed by atoms with van der Waals surface area (Å²) in [6.45, 7) is 1.16. The minimum absolute atomic E-state index is 0.0192. The highest BCUT2D eigenvalue weighted by atomic mass is 32.1. The molecular weight excluding hydrogens is 350 g/mol. The van der Waals surface area contributed by atoms with Gasteiger partial charge in [-0.15, -0.1) is 0 Å². The lowest BCUT2D eigenvalue weighted by atomic mass is 9.89. The molecule has 2 rings (SSSR count). The van der Waals surface area contributed by atoms with Crippen LogP contribution in [0.3, 0.4) is 0 Å². The van der Waals surface area contributed by atoms with Gasteiger partial charge in [0.05, 0.1) is 0 Å². The molecule has 6 nitrogen and oxygen atoms in total. The Kier molecular flexibility index (Phi) is 8.50. The Balaban J connectivity index is 1.83. The molecule has 0 heterocycles. The fourth-order valence-electron chi connectivity index (χ4n) is 3.00. The molecule has 1 aliphatic carbocycles. The molecule has 0 unspecified atom stereocenters. The van der Waals surface area contributed by atoms with E-state index in [0.717, 1.165) is 32.1 Å². The smallest absolute Gasteiger partial charge is 0.251 e. The van der Waals surface area contributed by atoms with Gasteiger partial charge in [-0.3, -0.25) is 9.59 Å². The Morgan fingerprint density at radius 2 is 2.00 bits per heavy atom. The van der Waals surface area contributed by atoms with Crippen molar-refractivity contribution in [1.82, 2.24) is 10.6 Å². The zero-order valence-electron chi connectivity index (χ0n) is 15.2. The Morgan fingerprint density at radius 3 is 2.73 bits per heavy atom. The zero-order chi connectivity index (χ0) is 18.8. The van der Waals surface area contributed by atoms with Crippen molar-refractivity contribution in [3.63, 3.8) is 0 Å². The second-order valence-electron chi connectivity index (χ2n) is 6.46. The fraction of sp³-hybridized carbons (Fsp3) is 0.526. The second kappa shape index (κ2) is 10.9. The minimum Gasteiger partial charge on any atom is -0.385 e. The number of hydrogen-bond donors (Lipinski definition) is 3. The molecule has 0 aromatic heterocycles.